The minimum Gasteiger partial charge on any atom is -0.481 e. The monoisotopic (exact) mass is 292 g/mol. The first kappa shape index (κ1) is 13.7. The fourth-order valence-electron chi connectivity index (χ4n) is 3.38. The molecule has 2 saturated heterocycles. The maximum absolute atomic E-state index is 12.2. The normalized spacial score (nSPS) is 26.9. The van der Waals surface area contributed by atoms with E-state index in [1.54, 1.807) is 11.0 Å². The lowest BCUT2D eigenvalue weighted by molar-refractivity contribution is -0.143. The summed E-state index contributed by atoms with van der Waals surface area (Å²) in [4.78, 5) is 36.7. The van der Waals surface area contributed by atoms with Crippen LogP contribution < -0.4 is 5.32 Å². The highest BCUT2D eigenvalue weighted by atomic mass is 16.4. The molecule has 1 aromatic heterocycles. The predicted octanol–water partition coefficient (Wildman–Crippen LogP) is 0.473. The van der Waals surface area contributed by atoms with Crippen LogP contribution in [0.25, 0.3) is 0 Å². The number of carboxylic acid groups (broad SMARTS) is 1. The van der Waals surface area contributed by atoms with Gasteiger partial charge in [0.25, 0.3) is 5.91 Å². The Morgan fingerprint density at radius 2 is 2.19 bits per heavy atom. The third-order valence-corrected chi connectivity index (χ3v) is 4.29. The molecule has 3 unspecified atom stereocenters. The zero-order valence-corrected chi connectivity index (χ0v) is 11.3. The van der Waals surface area contributed by atoms with Gasteiger partial charge in [-0.1, -0.05) is 0 Å². The standard InChI is InChI=1S/C14H16N2O5/c17-12(7-15-13(18)11-2-1-5-21-11)16-8-3-4-10(16)9(6-8)14(19)20/h1-2,5,8-10H,3-4,6-7H2,(H,15,18)(H,19,20). The van der Waals surface area contributed by atoms with Crippen molar-refractivity contribution in [3.8, 4) is 0 Å². The van der Waals surface area contributed by atoms with E-state index in [0.717, 1.165) is 12.8 Å². The largest absolute Gasteiger partial charge is 0.481 e. The molecule has 3 heterocycles. The van der Waals surface area contributed by atoms with Crippen molar-refractivity contribution < 1.29 is 23.9 Å². The molecule has 0 radical (unpaired) electrons. The zero-order valence-electron chi connectivity index (χ0n) is 11.3. The molecule has 0 spiro atoms. The average Bonchev–Trinajstić information content (AvgIpc) is 3.18. The minimum atomic E-state index is -0.848. The number of amides is 2. The molecular weight excluding hydrogens is 276 g/mol. The van der Waals surface area contributed by atoms with Crippen molar-refractivity contribution in [2.24, 2.45) is 5.92 Å². The maximum atomic E-state index is 12.2. The first-order valence-corrected chi connectivity index (χ1v) is 6.93. The van der Waals surface area contributed by atoms with Gasteiger partial charge in [-0.25, -0.2) is 0 Å². The maximum Gasteiger partial charge on any atom is 0.308 e. The van der Waals surface area contributed by atoms with Gasteiger partial charge in [-0.3, -0.25) is 14.4 Å². The van der Waals surface area contributed by atoms with E-state index in [9.17, 15) is 14.4 Å². The number of nitrogens with zero attached hydrogens (tertiary/aromatic N) is 1. The molecule has 0 saturated carbocycles. The quantitative estimate of drug-likeness (QED) is 0.840. The van der Waals surface area contributed by atoms with Crippen LogP contribution in [0.2, 0.25) is 0 Å². The van der Waals surface area contributed by atoms with Crippen LogP contribution in [0, 0.1) is 5.92 Å². The fraction of sp³-hybridized carbons (Fsp3) is 0.500. The molecular formula is C14H16N2O5. The Kier molecular flexibility index (Phi) is 3.40. The van der Waals surface area contributed by atoms with Gasteiger partial charge in [0.15, 0.2) is 5.76 Å². The lowest BCUT2D eigenvalue weighted by Crippen LogP contribution is -2.43. The summed E-state index contributed by atoms with van der Waals surface area (Å²) in [6.07, 6.45) is 3.46. The van der Waals surface area contributed by atoms with Gasteiger partial charge in [-0.2, -0.15) is 0 Å². The average molecular weight is 292 g/mol. The number of furan rings is 1. The topological polar surface area (TPSA) is 99.9 Å². The molecule has 2 aliphatic rings. The molecule has 3 atom stereocenters. The highest BCUT2D eigenvalue weighted by Crippen LogP contribution is 2.41. The van der Waals surface area contributed by atoms with Crippen molar-refractivity contribution in [3.05, 3.63) is 24.2 Å². The Balaban J connectivity index is 1.59. The third kappa shape index (κ3) is 2.39. The molecule has 7 nitrogen and oxygen atoms in total. The van der Waals surface area contributed by atoms with E-state index in [0.29, 0.717) is 6.42 Å². The number of fused-ring (bicyclic) bond motifs is 2. The van der Waals surface area contributed by atoms with Crippen molar-refractivity contribution in [2.75, 3.05) is 6.54 Å². The van der Waals surface area contributed by atoms with Crippen molar-refractivity contribution in [3.63, 3.8) is 0 Å². The minimum absolute atomic E-state index is 0.0101. The summed E-state index contributed by atoms with van der Waals surface area (Å²) in [6, 6.07) is 2.86. The number of carbonyl (C=O) groups excluding carboxylic acids is 2. The molecule has 0 aliphatic carbocycles. The molecule has 2 fully saturated rings. The van der Waals surface area contributed by atoms with E-state index in [1.807, 2.05) is 0 Å². The fourth-order valence-corrected chi connectivity index (χ4v) is 3.38. The highest BCUT2D eigenvalue weighted by Gasteiger charge is 2.51. The summed E-state index contributed by atoms with van der Waals surface area (Å²) in [5, 5.41) is 11.7. The van der Waals surface area contributed by atoms with Crippen molar-refractivity contribution in [1.82, 2.24) is 10.2 Å². The van der Waals surface area contributed by atoms with E-state index in [-0.39, 0.29) is 30.3 Å². The Morgan fingerprint density at radius 1 is 1.38 bits per heavy atom. The smallest absolute Gasteiger partial charge is 0.308 e. The molecule has 3 rings (SSSR count). The summed E-state index contributed by atoms with van der Waals surface area (Å²) in [6.45, 7) is -0.140. The number of hydrogen-bond donors (Lipinski definition) is 2. The van der Waals surface area contributed by atoms with E-state index < -0.39 is 17.8 Å². The van der Waals surface area contributed by atoms with Gasteiger partial charge < -0.3 is 19.7 Å². The Bertz CT molecular complexity index is 568. The van der Waals surface area contributed by atoms with Gasteiger partial charge in [0.1, 0.15) is 0 Å². The molecule has 0 aromatic carbocycles. The summed E-state index contributed by atoms with van der Waals surface area (Å²) in [5.41, 5.74) is 0. The number of carbonyl (C=O) groups is 3. The van der Waals surface area contributed by atoms with Crippen LogP contribution in [0.1, 0.15) is 29.8 Å². The third-order valence-electron chi connectivity index (χ3n) is 4.29. The molecule has 7 heteroatoms. The number of nitrogens with one attached hydrogen (secondary N) is 1. The summed E-state index contributed by atoms with van der Waals surface area (Å²) >= 11 is 0. The molecule has 1 aromatic rings. The second-order valence-electron chi connectivity index (χ2n) is 5.44. The molecule has 112 valence electrons. The van der Waals surface area contributed by atoms with Crippen LogP contribution in [0.3, 0.4) is 0 Å². The van der Waals surface area contributed by atoms with Crippen molar-refractivity contribution in [2.45, 2.75) is 31.3 Å². The van der Waals surface area contributed by atoms with Gasteiger partial charge >= 0.3 is 5.97 Å². The first-order valence-electron chi connectivity index (χ1n) is 6.93. The molecule has 2 N–H and O–H groups in total. The Labute approximate surface area is 120 Å². The Morgan fingerprint density at radius 3 is 2.81 bits per heavy atom. The molecule has 2 bridgehead atoms. The number of aliphatic carboxylic acids is 1. The second kappa shape index (κ2) is 5.23. The molecule has 21 heavy (non-hydrogen) atoms. The van der Waals surface area contributed by atoms with Crippen LogP contribution >= 0.6 is 0 Å². The predicted molar refractivity (Wildman–Crippen MR) is 70.4 cm³/mol. The Hall–Kier alpha value is -2.31. The number of hydrogen-bond acceptors (Lipinski definition) is 4. The van der Waals surface area contributed by atoms with Gasteiger partial charge in [0.05, 0.1) is 18.7 Å². The van der Waals surface area contributed by atoms with E-state index in [1.165, 1.54) is 12.3 Å². The zero-order chi connectivity index (χ0) is 15.0. The van der Waals surface area contributed by atoms with Crippen molar-refractivity contribution >= 4 is 17.8 Å². The summed E-state index contributed by atoms with van der Waals surface area (Å²) < 4.78 is 4.94. The first-order chi connectivity index (χ1) is 10.1. The van der Waals surface area contributed by atoms with Crippen LogP contribution in [0.5, 0.6) is 0 Å². The lowest BCUT2D eigenvalue weighted by atomic mass is 9.89. The lowest BCUT2D eigenvalue weighted by Gasteiger charge is -2.23. The van der Waals surface area contributed by atoms with Crippen LogP contribution in [-0.4, -0.2) is 46.4 Å². The molecule has 2 amide bonds. The number of rotatable bonds is 4. The second-order valence-corrected chi connectivity index (χ2v) is 5.44. The van der Waals surface area contributed by atoms with Crippen molar-refractivity contribution in [1.29, 1.82) is 0 Å². The summed E-state index contributed by atoms with van der Waals surface area (Å²) in [5.74, 6) is -1.86. The highest BCUT2D eigenvalue weighted by molar-refractivity contribution is 5.94. The van der Waals surface area contributed by atoms with Gasteiger partial charge in [-0.05, 0) is 31.4 Å². The van der Waals surface area contributed by atoms with E-state index in [4.69, 9.17) is 9.52 Å². The van der Waals surface area contributed by atoms with Gasteiger partial charge in [0, 0.05) is 12.1 Å². The number of carboxylic acids is 1. The van der Waals surface area contributed by atoms with Crippen LogP contribution in [-0.2, 0) is 9.59 Å². The van der Waals surface area contributed by atoms with E-state index >= 15 is 0 Å². The SMILES string of the molecule is O=C(NCC(=O)N1C2CCC1C(C(=O)O)C2)c1ccco1. The molecule has 2 aliphatic heterocycles. The van der Waals surface area contributed by atoms with Gasteiger partial charge in [-0.15, -0.1) is 0 Å². The van der Waals surface area contributed by atoms with Crippen LogP contribution in [0.4, 0.5) is 0 Å². The van der Waals surface area contributed by atoms with Gasteiger partial charge in [0.2, 0.25) is 5.91 Å². The van der Waals surface area contributed by atoms with Crippen LogP contribution in [0.15, 0.2) is 22.8 Å². The summed E-state index contributed by atoms with van der Waals surface area (Å²) in [7, 11) is 0. The van der Waals surface area contributed by atoms with E-state index in [2.05, 4.69) is 5.32 Å².